The zero-order valence-corrected chi connectivity index (χ0v) is 12.8. The van der Waals surface area contributed by atoms with E-state index >= 15 is 0 Å². The number of carbonyl (C=O) groups excluding carboxylic acids is 1. The number of fused-ring (bicyclic) bond motifs is 1. The number of nitrogens with zero attached hydrogens (tertiary/aromatic N) is 1. The molecule has 0 radical (unpaired) electrons. The molecule has 4 nitrogen and oxygen atoms in total. The van der Waals surface area contributed by atoms with Gasteiger partial charge in [-0.05, 0) is 17.9 Å². The van der Waals surface area contributed by atoms with Gasteiger partial charge >= 0.3 is 6.61 Å². The average molecular weight is 333 g/mol. The Morgan fingerprint density at radius 2 is 1.91 bits per heavy atom. The Bertz CT molecular complexity index is 518. The molecule has 3 rings (SSSR count). The van der Waals surface area contributed by atoms with Crippen LogP contribution in [0.3, 0.4) is 0 Å². The molecule has 0 bridgehead atoms. The molecule has 1 N–H and O–H groups in total. The van der Waals surface area contributed by atoms with Gasteiger partial charge in [0, 0.05) is 31.7 Å². The predicted octanol–water partition coefficient (Wildman–Crippen LogP) is 1.93. The largest absolute Gasteiger partial charge is 0.435 e. The number of ether oxygens (including phenoxy) is 1. The lowest BCUT2D eigenvalue weighted by Crippen LogP contribution is -2.33. The lowest BCUT2D eigenvalue weighted by molar-refractivity contribution is -0.129. The van der Waals surface area contributed by atoms with Crippen LogP contribution in [0.1, 0.15) is 5.56 Å². The normalized spacial score (nSPS) is 23.3. The van der Waals surface area contributed by atoms with E-state index in [4.69, 9.17) is 0 Å². The van der Waals surface area contributed by atoms with E-state index in [-0.39, 0.29) is 30.5 Å². The fourth-order valence-corrected chi connectivity index (χ4v) is 3.19. The molecule has 2 fully saturated rings. The monoisotopic (exact) mass is 332 g/mol. The fraction of sp³-hybridized carbons (Fsp3) is 0.533. The SMILES string of the molecule is Cl.O=C(Cc1ccccc1OC(F)F)N1C[C@H]2CNC[C@H]2C1. The number of carbonyl (C=O) groups is 1. The van der Waals surface area contributed by atoms with Crippen LogP contribution in [0.25, 0.3) is 0 Å². The highest BCUT2D eigenvalue weighted by Crippen LogP contribution is 2.28. The number of para-hydroxylation sites is 1. The van der Waals surface area contributed by atoms with Crippen molar-refractivity contribution in [2.75, 3.05) is 26.2 Å². The first kappa shape index (κ1) is 17.0. The summed E-state index contributed by atoms with van der Waals surface area (Å²) >= 11 is 0. The Morgan fingerprint density at radius 1 is 1.27 bits per heavy atom. The Kier molecular flexibility index (Phi) is 5.58. The number of likely N-dealkylation sites (tertiary alicyclic amines) is 1. The van der Waals surface area contributed by atoms with Crippen LogP contribution in [0.15, 0.2) is 24.3 Å². The van der Waals surface area contributed by atoms with Gasteiger partial charge in [-0.2, -0.15) is 8.78 Å². The Labute approximate surface area is 134 Å². The molecular formula is C15H19ClF2N2O2. The number of rotatable bonds is 4. The smallest absolute Gasteiger partial charge is 0.387 e. The van der Waals surface area contributed by atoms with Gasteiger partial charge in [0.25, 0.3) is 0 Å². The molecule has 122 valence electrons. The van der Waals surface area contributed by atoms with Gasteiger partial charge in [-0.15, -0.1) is 12.4 Å². The molecule has 0 unspecified atom stereocenters. The van der Waals surface area contributed by atoms with Crippen molar-refractivity contribution in [2.24, 2.45) is 11.8 Å². The minimum absolute atomic E-state index is 0. The molecule has 7 heteroatoms. The van der Waals surface area contributed by atoms with Crippen LogP contribution in [0.2, 0.25) is 0 Å². The van der Waals surface area contributed by atoms with Crippen molar-refractivity contribution in [1.29, 1.82) is 0 Å². The molecule has 1 aromatic rings. The fourth-order valence-electron chi connectivity index (χ4n) is 3.19. The van der Waals surface area contributed by atoms with Crippen molar-refractivity contribution in [3.05, 3.63) is 29.8 Å². The maximum atomic E-state index is 12.4. The van der Waals surface area contributed by atoms with Crippen LogP contribution >= 0.6 is 12.4 Å². The van der Waals surface area contributed by atoms with Crippen LogP contribution < -0.4 is 10.1 Å². The van der Waals surface area contributed by atoms with E-state index in [0.29, 0.717) is 17.4 Å². The zero-order chi connectivity index (χ0) is 14.8. The van der Waals surface area contributed by atoms with Gasteiger partial charge in [0.05, 0.1) is 6.42 Å². The van der Waals surface area contributed by atoms with Gasteiger partial charge in [0.2, 0.25) is 5.91 Å². The number of halogens is 3. The number of benzene rings is 1. The predicted molar refractivity (Wildman–Crippen MR) is 80.5 cm³/mol. The maximum Gasteiger partial charge on any atom is 0.387 e. The summed E-state index contributed by atoms with van der Waals surface area (Å²) in [6, 6.07) is 6.48. The second-order valence-corrected chi connectivity index (χ2v) is 5.64. The minimum atomic E-state index is -2.88. The molecule has 2 atom stereocenters. The van der Waals surface area contributed by atoms with Gasteiger partial charge < -0.3 is 15.0 Å². The van der Waals surface area contributed by atoms with Crippen molar-refractivity contribution in [2.45, 2.75) is 13.0 Å². The summed E-state index contributed by atoms with van der Waals surface area (Å²) in [5, 5.41) is 3.32. The van der Waals surface area contributed by atoms with Gasteiger partial charge in [0.15, 0.2) is 0 Å². The van der Waals surface area contributed by atoms with E-state index in [1.54, 1.807) is 18.2 Å². The molecule has 1 amide bonds. The molecule has 2 aliphatic heterocycles. The first-order chi connectivity index (χ1) is 10.1. The highest BCUT2D eigenvalue weighted by Gasteiger charge is 2.37. The quantitative estimate of drug-likeness (QED) is 0.916. The van der Waals surface area contributed by atoms with E-state index in [1.807, 2.05) is 4.90 Å². The van der Waals surface area contributed by atoms with E-state index in [9.17, 15) is 13.6 Å². The maximum absolute atomic E-state index is 12.4. The molecule has 0 aromatic heterocycles. The van der Waals surface area contributed by atoms with Gasteiger partial charge in [-0.3, -0.25) is 4.79 Å². The summed E-state index contributed by atoms with van der Waals surface area (Å²) < 4.78 is 29.2. The molecular weight excluding hydrogens is 314 g/mol. The van der Waals surface area contributed by atoms with E-state index in [2.05, 4.69) is 10.1 Å². The number of nitrogens with one attached hydrogen (secondary N) is 1. The molecule has 2 heterocycles. The van der Waals surface area contributed by atoms with E-state index < -0.39 is 6.61 Å². The summed E-state index contributed by atoms with van der Waals surface area (Å²) in [6.07, 6.45) is 0.107. The lowest BCUT2D eigenvalue weighted by atomic mass is 10.0. The highest BCUT2D eigenvalue weighted by molar-refractivity contribution is 5.85. The van der Waals surface area contributed by atoms with Crippen molar-refractivity contribution in [3.63, 3.8) is 0 Å². The molecule has 2 aliphatic rings. The second-order valence-electron chi connectivity index (χ2n) is 5.64. The summed E-state index contributed by atoms with van der Waals surface area (Å²) in [5.74, 6) is 1.12. The molecule has 0 aliphatic carbocycles. The number of amides is 1. The van der Waals surface area contributed by atoms with E-state index in [1.165, 1.54) is 6.07 Å². The Morgan fingerprint density at radius 3 is 2.55 bits per heavy atom. The summed E-state index contributed by atoms with van der Waals surface area (Å²) in [4.78, 5) is 14.2. The average Bonchev–Trinajstić information content (AvgIpc) is 3.01. The molecule has 22 heavy (non-hydrogen) atoms. The first-order valence-electron chi connectivity index (χ1n) is 7.14. The standard InChI is InChI=1S/C15H18F2N2O2.ClH/c16-15(17)21-13-4-2-1-3-10(13)5-14(20)19-8-11-6-18-7-12(11)9-19;/h1-4,11-12,15,18H,5-9H2;1H/t11-,12+;. The number of alkyl halides is 2. The summed E-state index contributed by atoms with van der Waals surface area (Å²) in [7, 11) is 0. The number of hydrogen-bond acceptors (Lipinski definition) is 3. The van der Waals surface area contributed by atoms with Gasteiger partial charge in [-0.1, -0.05) is 18.2 Å². The molecule has 0 spiro atoms. The summed E-state index contributed by atoms with van der Waals surface area (Å²) in [5.41, 5.74) is 0.512. The van der Waals surface area contributed by atoms with Crippen LogP contribution in [-0.2, 0) is 11.2 Å². The highest BCUT2D eigenvalue weighted by atomic mass is 35.5. The van der Waals surface area contributed by atoms with Crippen LogP contribution in [-0.4, -0.2) is 43.6 Å². The van der Waals surface area contributed by atoms with Crippen molar-refractivity contribution >= 4 is 18.3 Å². The second kappa shape index (κ2) is 7.24. The third kappa shape index (κ3) is 3.67. The molecule has 0 saturated carbocycles. The molecule has 1 aromatic carbocycles. The Hall–Kier alpha value is -1.40. The summed E-state index contributed by atoms with van der Waals surface area (Å²) in [6.45, 7) is 0.556. The van der Waals surface area contributed by atoms with Crippen molar-refractivity contribution in [1.82, 2.24) is 10.2 Å². The van der Waals surface area contributed by atoms with Gasteiger partial charge in [-0.25, -0.2) is 0 Å². The van der Waals surface area contributed by atoms with Crippen LogP contribution in [0.5, 0.6) is 5.75 Å². The first-order valence-corrected chi connectivity index (χ1v) is 7.14. The van der Waals surface area contributed by atoms with Crippen molar-refractivity contribution < 1.29 is 18.3 Å². The van der Waals surface area contributed by atoms with E-state index in [0.717, 1.165) is 26.2 Å². The third-order valence-corrected chi connectivity index (χ3v) is 4.27. The topological polar surface area (TPSA) is 41.6 Å². The molecule has 2 saturated heterocycles. The van der Waals surface area contributed by atoms with Crippen LogP contribution in [0.4, 0.5) is 8.78 Å². The zero-order valence-electron chi connectivity index (χ0n) is 12.0. The third-order valence-electron chi connectivity index (χ3n) is 4.27. The van der Waals surface area contributed by atoms with Gasteiger partial charge in [0.1, 0.15) is 5.75 Å². The number of hydrogen-bond donors (Lipinski definition) is 1. The lowest BCUT2D eigenvalue weighted by Gasteiger charge is -2.18. The Balaban J connectivity index is 0.00000176. The van der Waals surface area contributed by atoms with Crippen molar-refractivity contribution in [3.8, 4) is 5.75 Å². The minimum Gasteiger partial charge on any atom is -0.435 e. The van der Waals surface area contributed by atoms with Crippen LogP contribution in [0, 0.1) is 11.8 Å².